The van der Waals surface area contributed by atoms with E-state index >= 15 is 0 Å². The summed E-state index contributed by atoms with van der Waals surface area (Å²) in [6, 6.07) is 8.55. The van der Waals surface area contributed by atoms with Gasteiger partial charge in [-0.2, -0.15) is 5.26 Å². The third-order valence-electron chi connectivity index (χ3n) is 4.01. The molecule has 0 amide bonds. The fourth-order valence-corrected chi connectivity index (χ4v) is 3.24. The molecule has 0 saturated carbocycles. The van der Waals surface area contributed by atoms with Gasteiger partial charge in [-0.1, -0.05) is 6.07 Å². The lowest BCUT2D eigenvalue weighted by molar-refractivity contribution is 0.620. The highest BCUT2D eigenvalue weighted by atomic mass is 79.9. The summed E-state index contributed by atoms with van der Waals surface area (Å²) >= 11 is 3.17. The first-order valence-corrected chi connectivity index (χ1v) is 7.75. The molecule has 1 aromatic heterocycles. The van der Waals surface area contributed by atoms with Gasteiger partial charge >= 0.3 is 0 Å². The maximum atomic E-state index is 13.6. The maximum absolute atomic E-state index is 13.6. The Hall–Kier alpha value is -2.39. The van der Waals surface area contributed by atoms with Crippen molar-refractivity contribution in [1.82, 2.24) is 4.57 Å². The summed E-state index contributed by atoms with van der Waals surface area (Å²) in [7, 11) is 1.66. The Labute approximate surface area is 141 Å². The van der Waals surface area contributed by atoms with E-state index in [0.717, 1.165) is 0 Å². The van der Waals surface area contributed by atoms with Gasteiger partial charge in [0.2, 0.25) is 0 Å². The number of fused-ring (bicyclic) bond motifs is 1. The van der Waals surface area contributed by atoms with Crippen LogP contribution >= 0.6 is 15.9 Å². The van der Waals surface area contributed by atoms with E-state index in [4.69, 9.17) is 0 Å². The van der Waals surface area contributed by atoms with Crippen LogP contribution in [0.1, 0.15) is 24.0 Å². The molecular formula is C17H13BrFN3O. The zero-order valence-electron chi connectivity index (χ0n) is 12.5. The van der Waals surface area contributed by atoms with Crippen LogP contribution in [0.4, 0.5) is 10.1 Å². The number of rotatable bonds is 1. The zero-order chi connectivity index (χ0) is 16.7. The minimum atomic E-state index is -0.520. The molecule has 0 fully saturated rings. The number of allylic oxidation sites excluding steroid dienone is 2. The van der Waals surface area contributed by atoms with E-state index in [1.807, 2.05) is 0 Å². The van der Waals surface area contributed by atoms with E-state index in [-0.39, 0.29) is 11.4 Å². The van der Waals surface area contributed by atoms with Gasteiger partial charge in [-0.15, -0.1) is 0 Å². The number of nitrogens with zero attached hydrogens (tertiary/aromatic N) is 2. The molecule has 0 radical (unpaired) electrons. The molecule has 1 N–H and O–H groups in total. The molecule has 2 aromatic rings. The highest BCUT2D eigenvalue weighted by molar-refractivity contribution is 9.10. The second-order valence-corrected chi connectivity index (χ2v) is 6.30. The average molecular weight is 374 g/mol. The molecule has 116 valence electrons. The number of nitrogens with one attached hydrogen (secondary N) is 1. The molecule has 4 nitrogen and oxygen atoms in total. The van der Waals surface area contributed by atoms with E-state index in [1.165, 1.54) is 10.6 Å². The fraction of sp³-hybridized carbons (Fsp3) is 0.176. The van der Waals surface area contributed by atoms with Crippen LogP contribution in [-0.4, -0.2) is 4.57 Å². The van der Waals surface area contributed by atoms with Gasteiger partial charge in [-0.3, -0.25) is 4.79 Å². The van der Waals surface area contributed by atoms with Gasteiger partial charge in [0, 0.05) is 24.6 Å². The van der Waals surface area contributed by atoms with Crippen LogP contribution in [0.2, 0.25) is 0 Å². The number of pyridine rings is 1. The number of benzene rings is 1. The molecule has 1 atom stereocenters. The van der Waals surface area contributed by atoms with E-state index in [2.05, 4.69) is 27.3 Å². The van der Waals surface area contributed by atoms with Crippen LogP contribution in [0, 0.1) is 17.1 Å². The van der Waals surface area contributed by atoms with Crippen molar-refractivity contribution < 1.29 is 4.39 Å². The Morgan fingerprint density at radius 1 is 1.39 bits per heavy atom. The monoisotopic (exact) mass is 373 g/mol. The molecule has 1 unspecified atom stereocenters. The molecule has 3 rings (SSSR count). The SMILES string of the molecule is CC1=C(C#N)C(c2ccc(F)c(Br)c2)c2c(ccn(C)c2=O)N1. The van der Waals surface area contributed by atoms with Gasteiger partial charge < -0.3 is 9.88 Å². The number of hydrogen-bond donors (Lipinski definition) is 1. The second-order valence-electron chi connectivity index (χ2n) is 5.44. The molecule has 6 heteroatoms. The third kappa shape index (κ3) is 2.47. The summed E-state index contributed by atoms with van der Waals surface area (Å²) in [5.41, 5.74) is 2.84. The lowest BCUT2D eigenvalue weighted by Gasteiger charge is -2.27. The first-order valence-electron chi connectivity index (χ1n) is 6.96. The fourth-order valence-electron chi connectivity index (χ4n) is 2.84. The second kappa shape index (κ2) is 5.67. The first kappa shape index (κ1) is 15.5. The summed E-state index contributed by atoms with van der Waals surface area (Å²) in [6.45, 7) is 1.80. The molecule has 1 aliphatic heterocycles. The Balaban J connectivity index is 2.33. The molecule has 0 saturated heterocycles. The van der Waals surface area contributed by atoms with E-state index in [1.54, 1.807) is 38.4 Å². The molecule has 0 spiro atoms. The number of halogens is 2. The van der Waals surface area contributed by atoms with Crippen LogP contribution < -0.4 is 10.9 Å². The van der Waals surface area contributed by atoms with Gasteiger partial charge in [0.15, 0.2) is 0 Å². The van der Waals surface area contributed by atoms with Crippen molar-refractivity contribution in [3.8, 4) is 6.07 Å². The van der Waals surface area contributed by atoms with Crippen LogP contribution in [-0.2, 0) is 7.05 Å². The van der Waals surface area contributed by atoms with Crippen molar-refractivity contribution in [3.05, 3.63) is 73.5 Å². The van der Waals surface area contributed by atoms with Crippen molar-refractivity contribution in [2.24, 2.45) is 7.05 Å². The standard InChI is InChI=1S/C17H13BrFN3O/c1-9-11(8-20)15(10-3-4-13(19)12(18)7-10)16-14(21-9)5-6-22(2)17(16)23/h3-7,15,21H,1-2H3. The van der Waals surface area contributed by atoms with Crippen LogP contribution in [0.5, 0.6) is 0 Å². The van der Waals surface area contributed by atoms with E-state index < -0.39 is 5.92 Å². The van der Waals surface area contributed by atoms with Gasteiger partial charge in [-0.05, 0) is 46.6 Å². The smallest absolute Gasteiger partial charge is 0.256 e. The van der Waals surface area contributed by atoms with Crippen molar-refractivity contribution in [3.63, 3.8) is 0 Å². The summed E-state index contributed by atoms with van der Waals surface area (Å²) in [5.74, 6) is -0.906. The predicted octanol–water partition coefficient (Wildman–Crippen LogP) is 3.64. The minimum absolute atomic E-state index is 0.180. The van der Waals surface area contributed by atoms with Crippen LogP contribution in [0.15, 0.2) is 51.0 Å². The number of aromatic nitrogens is 1. The Morgan fingerprint density at radius 3 is 2.78 bits per heavy atom. The van der Waals surface area contributed by atoms with Gasteiger partial charge in [0.25, 0.3) is 5.56 Å². The third-order valence-corrected chi connectivity index (χ3v) is 4.61. The molecule has 0 aliphatic carbocycles. The average Bonchev–Trinajstić information content (AvgIpc) is 2.52. The van der Waals surface area contributed by atoms with Crippen LogP contribution in [0.3, 0.4) is 0 Å². The number of hydrogen-bond acceptors (Lipinski definition) is 3. The highest BCUT2D eigenvalue weighted by Gasteiger charge is 2.31. The van der Waals surface area contributed by atoms with Crippen molar-refractivity contribution >= 4 is 21.6 Å². The van der Waals surface area contributed by atoms with Crippen molar-refractivity contribution in [2.75, 3.05) is 5.32 Å². The Kier molecular flexibility index (Phi) is 3.82. The summed E-state index contributed by atoms with van der Waals surface area (Å²) in [4.78, 5) is 12.6. The molecule has 23 heavy (non-hydrogen) atoms. The minimum Gasteiger partial charge on any atom is -0.358 e. The van der Waals surface area contributed by atoms with Gasteiger partial charge in [0.05, 0.1) is 27.6 Å². The van der Waals surface area contributed by atoms with Crippen molar-refractivity contribution in [1.29, 1.82) is 5.26 Å². The van der Waals surface area contributed by atoms with Crippen LogP contribution in [0.25, 0.3) is 0 Å². The number of aryl methyl sites for hydroxylation is 1. The van der Waals surface area contributed by atoms with E-state index in [9.17, 15) is 14.4 Å². The molecule has 1 aromatic carbocycles. The van der Waals surface area contributed by atoms with Crippen molar-refractivity contribution in [2.45, 2.75) is 12.8 Å². The Morgan fingerprint density at radius 2 is 2.13 bits per heavy atom. The van der Waals surface area contributed by atoms with E-state index in [0.29, 0.717) is 32.6 Å². The lowest BCUT2D eigenvalue weighted by atomic mass is 9.82. The quantitative estimate of drug-likeness (QED) is 0.829. The number of anilines is 1. The molecule has 2 heterocycles. The largest absolute Gasteiger partial charge is 0.358 e. The summed E-state index contributed by atoms with van der Waals surface area (Å²) in [6.07, 6.45) is 1.68. The number of nitriles is 1. The first-order chi connectivity index (χ1) is 10.9. The summed E-state index contributed by atoms with van der Waals surface area (Å²) in [5, 5.41) is 12.7. The lowest BCUT2D eigenvalue weighted by Crippen LogP contribution is -2.29. The molecule has 0 bridgehead atoms. The zero-order valence-corrected chi connectivity index (χ0v) is 14.1. The predicted molar refractivity (Wildman–Crippen MR) is 89.6 cm³/mol. The summed E-state index contributed by atoms with van der Waals surface area (Å²) < 4.78 is 15.3. The van der Waals surface area contributed by atoms with Gasteiger partial charge in [0.1, 0.15) is 5.82 Å². The molecule has 1 aliphatic rings. The normalized spacial score (nSPS) is 16.6. The highest BCUT2D eigenvalue weighted by Crippen LogP contribution is 2.40. The van der Waals surface area contributed by atoms with Gasteiger partial charge in [-0.25, -0.2) is 4.39 Å². The maximum Gasteiger partial charge on any atom is 0.256 e. The topological polar surface area (TPSA) is 57.8 Å². The molecular weight excluding hydrogens is 361 g/mol. The Bertz CT molecular complexity index is 940.